The van der Waals surface area contributed by atoms with Crippen LogP contribution in [-0.2, 0) is 0 Å². The maximum absolute atomic E-state index is 12.1. The van der Waals surface area contributed by atoms with Crippen LogP contribution in [0.2, 0.25) is 0 Å². The average molecular weight is 295 g/mol. The number of amides is 1. The molecule has 0 spiro atoms. The van der Waals surface area contributed by atoms with E-state index in [0.717, 1.165) is 31.5 Å². The second kappa shape index (κ2) is 6.49. The predicted octanol–water partition coefficient (Wildman–Crippen LogP) is 0.707. The van der Waals surface area contributed by atoms with Crippen molar-refractivity contribution in [3.05, 3.63) is 38.3 Å². The van der Waals surface area contributed by atoms with Crippen LogP contribution in [0.15, 0.2) is 17.1 Å². The van der Waals surface area contributed by atoms with Gasteiger partial charge in [-0.1, -0.05) is 19.3 Å². The van der Waals surface area contributed by atoms with Crippen molar-refractivity contribution in [3.8, 4) is 0 Å². The van der Waals surface area contributed by atoms with Crippen LogP contribution >= 0.6 is 0 Å². The summed E-state index contributed by atoms with van der Waals surface area (Å²) >= 11 is 0. The third kappa shape index (κ3) is 3.66. The van der Waals surface area contributed by atoms with E-state index in [2.05, 4.69) is 10.3 Å². The lowest BCUT2D eigenvalue weighted by Crippen LogP contribution is -2.44. The van der Waals surface area contributed by atoms with E-state index in [1.807, 2.05) is 0 Å². The number of aliphatic hydroxyl groups is 1. The largest absolute Gasteiger partial charge is 0.391 e. The fourth-order valence-corrected chi connectivity index (χ4v) is 2.45. The van der Waals surface area contributed by atoms with E-state index in [4.69, 9.17) is 0 Å². The first-order valence-corrected chi connectivity index (χ1v) is 6.85. The number of aliphatic hydroxyl groups excluding tert-OH is 1. The lowest BCUT2D eigenvalue weighted by Gasteiger charge is -2.21. The Hall–Kier alpha value is -2.22. The van der Waals surface area contributed by atoms with Crippen molar-refractivity contribution in [1.29, 1.82) is 0 Å². The molecule has 0 bridgehead atoms. The van der Waals surface area contributed by atoms with Crippen molar-refractivity contribution in [2.75, 3.05) is 0 Å². The third-order valence-corrected chi connectivity index (χ3v) is 3.64. The molecule has 1 aliphatic carbocycles. The molecule has 1 fully saturated rings. The quantitative estimate of drug-likeness (QED) is 0.430. The van der Waals surface area contributed by atoms with Crippen LogP contribution in [0.25, 0.3) is 0 Å². The van der Waals surface area contributed by atoms with Crippen molar-refractivity contribution in [2.45, 2.75) is 44.2 Å². The van der Waals surface area contributed by atoms with Crippen molar-refractivity contribution >= 4 is 11.6 Å². The molecule has 0 aromatic carbocycles. The van der Waals surface area contributed by atoms with Gasteiger partial charge in [0.25, 0.3) is 17.2 Å². The molecule has 1 heterocycles. The Morgan fingerprint density at radius 1 is 1.38 bits per heavy atom. The molecule has 0 saturated heterocycles. The Kier molecular flexibility index (Phi) is 4.69. The van der Waals surface area contributed by atoms with Crippen LogP contribution in [0.1, 0.15) is 42.5 Å². The molecule has 0 aliphatic heterocycles. The summed E-state index contributed by atoms with van der Waals surface area (Å²) in [5.41, 5.74) is -1.37. The van der Waals surface area contributed by atoms with Gasteiger partial charge in [0.05, 0.1) is 23.3 Å². The first-order valence-electron chi connectivity index (χ1n) is 6.85. The zero-order chi connectivity index (χ0) is 15.4. The molecule has 8 nitrogen and oxygen atoms in total. The van der Waals surface area contributed by atoms with Gasteiger partial charge in [-0.05, 0) is 12.8 Å². The number of aromatic amines is 1. The fourth-order valence-electron chi connectivity index (χ4n) is 2.45. The number of carbonyl (C=O) groups excluding carboxylic acids is 1. The molecule has 1 saturated carbocycles. The van der Waals surface area contributed by atoms with Gasteiger partial charge in [-0.25, -0.2) is 0 Å². The van der Waals surface area contributed by atoms with Crippen LogP contribution < -0.4 is 10.9 Å². The molecule has 2 rings (SSSR count). The summed E-state index contributed by atoms with van der Waals surface area (Å²) in [6.45, 7) is 0. The molecular weight excluding hydrogens is 278 g/mol. The molecule has 21 heavy (non-hydrogen) atoms. The molecule has 114 valence electrons. The van der Waals surface area contributed by atoms with Crippen molar-refractivity contribution in [1.82, 2.24) is 10.3 Å². The highest BCUT2D eigenvalue weighted by molar-refractivity contribution is 5.94. The van der Waals surface area contributed by atoms with Gasteiger partial charge in [0.1, 0.15) is 5.56 Å². The molecule has 0 radical (unpaired) electrons. The Morgan fingerprint density at radius 3 is 2.81 bits per heavy atom. The molecule has 1 aliphatic rings. The van der Waals surface area contributed by atoms with Crippen LogP contribution in [0, 0.1) is 10.1 Å². The van der Waals surface area contributed by atoms with Crippen LogP contribution in [0.4, 0.5) is 5.69 Å². The zero-order valence-electron chi connectivity index (χ0n) is 11.4. The zero-order valence-corrected chi connectivity index (χ0v) is 11.4. The number of rotatable bonds is 3. The minimum atomic E-state index is -0.703. The van der Waals surface area contributed by atoms with E-state index >= 15 is 0 Å². The third-order valence-electron chi connectivity index (χ3n) is 3.64. The maximum atomic E-state index is 12.1. The van der Waals surface area contributed by atoms with Crippen molar-refractivity contribution < 1.29 is 14.8 Å². The van der Waals surface area contributed by atoms with Crippen LogP contribution in [0.5, 0.6) is 0 Å². The van der Waals surface area contributed by atoms with E-state index in [0.29, 0.717) is 12.8 Å². The summed E-state index contributed by atoms with van der Waals surface area (Å²) < 4.78 is 0. The first-order chi connectivity index (χ1) is 9.99. The van der Waals surface area contributed by atoms with Crippen LogP contribution in [-0.4, -0.2) is 33.1 Å². The lowest BCUT2D eigenvalue weighted by atomic mass is 10.1. The van der Waals surface area contributed by atoms with E-state index in [9.17, 15) is 24.8 Å². The summed E-state index contributed by atoms with van der Waals surface area (Å²) in [5, 5.41) is 23.2. The number of aromatic nitrogens is 1. The highest BCUT2D eigenvalue weighted by Gasteiger charge is 2.25. The highest BCUT2D eigenvalue weighted by atomic mass is 16.6. The van der Waals surface area contributed by atoms with E-state index < -0.39 is 28.5 Å². The molecular formula is C13H17N3O5. The van der Waals surface area contributed by atoms with Gasteiger partial charge in [0, 0.05) is 6.07 Å². The molecule has 3 N–H and O–H groups in total. The second-order valence-electron chi connectivity index (χ2n) is 5.14. The summed E-state index contributed by atoms with van der Waals surface area (Å²) in [4.78, 5) is 35.9. The van der Waals surface area contributed by atoms with Gasteiger partial charge in [-0.2, -0.15) is 0 Å². The lowest BCUT2D eigenvalue weighted by molar-refractivity contribution is -0.385. The Balaban J connectivity index is 2.17. The number of hydrogen-bond donors (Lipinski definition) is 3. The number of pyridine rings is 1. The average Bonchev–Trinajstić information content (AvgIpc) is 2.64. The van der Waals surface area contributed by atoms with Gasteiger partial charge < -0.3 is 15.4 Å². The Bertz CT molecular complexity index is 598. The monoisotopic (exact) mass is 295 g/mol. The molecule has 1 amide bonds. The van der Waals surface area contributed by atoms with E-state index in [1.165, 1.54) is 0 Å². The van der Waals surface area contributed by atoms with E-state index in [1.54, 1.807) is 0 Å². The summed E-state index contributed by atoms with van der Waals surface area (Å²) in [6, 6.07) is 0.510. The maximum Gasteiger partial charge on any atom is 0.286 e. The fraction of sp³-hybridized carbons (Fsp3) is 0.538. The molecule has 2 atom stereocenters. The first kappa shape index (κ1) is 15.2. The number of H-pyrrole nitrogens is 1. The summed E-state index contributed by atoms with van der Waals surface area (Å²) in [7, 11) is 0. The number of nitro groups is 1. The Morgan fingerprint density at radius 2 is 2.10 bits per heavy atom. The summed E-state index contributed by atoms with van der Waals surface area (Å²) in [5.74, 6) is -0.703. The van der Waals surface area contributed by atoms with Gasteiger partial charge >= 0.3 is 0 Å². The standard InChI is InChI=1S/C13H17N3O5/c17-11-5-3-1-2-4-10(11)15-13(19)9-6-8(16(20)21)7-14-12(9)18/h6-7,10-11,17H,1-5H2,(H,14,18)(H,15,19). The number of nitrogens with zero attached hydrogens (tertiary/aromatic N) is 1. The number of hydrogen-bond acceptors (Lipinski definition) is 5. The second-order valence-corrected chi connectivity index (χ2v) is 5.14. The SMILES string of the molecule is O=C(NC1CCCCCC1O)c1cc([N+](=O)[O-])c[nH]c1=O. The topological polar surface area (TPSA) is 125 Å². The van der Waals surface area contributed by atoms with Crippen molar-refractivity contribution in [3.63, 3.8) is 0 Å². The number of nitrogens with one attached hydrogen (secondary N) is 2. The number of carbonyl (C=O) groups is 1. The van der Waals surface area contributed by atoms with Crippen molar-refractivity contribution in [2.24, 2.45) is 0 Å². The molecule has 2 unspecified atom stereocenters. The molecule has 1 aromatic heterocycles. The normalized spacial score (nSPS) is 22.3. The van der Waals surface area contributed by atoms with Gasteiger partial charge in [-0.3, -0.25) is 19.7 Å². The minimum absolute atomic E-state index is 0.319. The van der Waals surface area contributed by atoms with E-state index in [-0.39, 0.29) is 11.3 Å². The predicted molar refractivity (Wildman–Crippen MR) is 74.1 cm³/mol. The minimum Gasteiger partial charge on any atom is -0.391 e. The van der Waals surface area contributed by atoms with Crippen LogP contribution in [0.3, 0.4) is 0 Å². The van der Waals surface area contributed by atoms with Gasteiger partial charge in [0.2, 0.25) is 0 Å². The smallest absolute Gasteiger partial charge is 0.286 e. The Labute approximate surface area is 120 Å². The molecule has 1 aromatic rings. The summed E-state index contributed by atoms with van der Waals surface area (Å²) in [6.07, 6.45) is 4.27. The highest BCUT2D eigenvalue weighted by Crippen LogP contribution is 2.18. The van der Waals surface area contributed by atoms with Gasteiger partial charge in [0.15, 0.2) is 0 Å². The molecule has 8 heteroatoms. The van der Waals surface area contributed by atoms with Gasteiger partial charge in [-0.15, -0.1) is 0 Å².